The minimum absolute atomic E-state index is 0.00661. The summed E-state index contributed by atoms with van der Waals surface area (Å²) in [6, 6.07) is 0.175. The SMILES string of the molecule is Cc1nn(C)c2c1nc(SCC(=O)O)n2C(C)C(C)(C)C. The first kappa shape index (κ1) is 15.9. The van der Waals surface area contributed by atoms with E-state index in [1.807, 2.05) is 18.7 Å². The molecular formula is C14H22N4O2S. The van der Waals surface area contributed by atoms with Crippen LogP contribution in [0.15, 0.2) is 5.16 Å². The predicted molar refractivity (Wildman–Crippen MR) is 83.8 cm³/mol. The summed E-state index contributed by atoms with van der Waals surface area (Å²) in [4.78, 5) is 15.5. The molecule has 0 radical (unpaired) electrons. The minimum atomic E-state index is -0.836. The highest BCUT2D eigenvalue weighted by molar-refractivity contribution is 7.99. The second-order valence-electron chi connectivity index (χ2n) is 6.37. The number of carboxylic acids is 1. The quantitative estimate of drug-likeness (QED) is 0.879. The highest BCUT2D eigenvalue weighted by Crippen LogP contribution is 2.37. The average molecular weight is 310 g/mol. The molecule has 0 spiro atoms. The Bertz CT molecular complexity index is 681. The maximum absolute atomic E-state index is 10.9. The summed E-state index contributed by atoms with van der Waals surface area (Å²) < 4.78 is 3.94. The van der Waals surface area contributed by atoms with Crippen molar-refractivity contribution in [2.24, 2.45) is 12.5 Å². The molecule has 0 fully saturated rings. The molecule has 21 heavy (non-hydrogen) atoms. The van der Waals surface area contributed by atoms with E-state index in [-0.39, 0.29) is 17.2 Å². The molecule has 1 atom stereocenters. The van der Waals surface area contributed by atoms with Crippen LogP contribution in [0.1, 0.15) is 39.4 Å². The van der Waals surface area contributed by atoms with E-state index in [1.54, 1.807) is 0 Å². The van der Waals surface area contributed by atoms with Crippen LogP contribution in [0.25, 0.3) is 11.2 Å². The molecule has 2 aromatic heterocycles. The standard InChI is InChI=1S/C14H22N4O2S/c1-8-11-12(17(6)16-8)18(9(2)14(3,4)5)13(15-11)21-7-10(19)20/h9H,7H2,1-6H3,(H,19,20). The lowest BCUT2D eigenvalue weighted by atomic mass is 9.88. The van der Waals surface area contributed by atoms with E-state index >= 15 is 0 Å². The number of aliphatic carboxylic acids is 1. The van der Waals surface area contributed by atoms with Crippen LogP contribution in [0.4, 0.5) is 0 Å². The molecule has 0 aliphatic carbocycles. The number of aromatic nitrogens is 4. The molecule has 0 amide bonds. The lowest BCUT2D eigenvalue weighted by Crippen LogP contribution is -2.23. The largest absolute Gasteiger partial charge is 0.481 e. The number of carbonyl (C=O) groups is 1. The Morgan fingerprint density at radius 1 is 1.43 bits per heavy atom. The molecule has 0 saturated heterocycles. The number of thioether (sulfide) groups is 1. The van der Waals surface area contributed by atoms with Gasteiger partial charge in [0, 0.05) is 13.1 Å². The normalized spacial score (nSPS) is 13.8. The molecule has 1 N–H and O–H groups in total. The summed E-state index contributed by atoms with van der Waals surface area (Å²) in [6.07, 6.45) is 0. The van der Waals surface area contributed by atoms with Crippen LogP contribution < -0.4 is 0 Å². The third-order valence-electron chi connectivity index (χ3n) is 3.77. The zero-order valence-corrected chi connectivity index (χ0v) is 14.2. The molecule has 7 heteroatoms. The van der Waals surface area contributed by atoms with E-state index in [9.17, 15) is 4.79 Å². The fraction of sp³-hybridized carbons (Fsp3) is 0.643. The molecule has 0 aliphatic rings. The van der Waals surface area contributed by atoms with Crippen LogP contribution in [0, 0.1) is 12.3 Å². The van der Waals surface area contributed by atoms with Crippen molar-refractivity contribution >= 4 is 28.9 Å². The van der Waals surface area contributed by atoms with E-state index in [2.05, 4.69) is 42.3 Å². The summed E-state index contributed by atoms with van der Waals surface area (Å²) >= 11 is 1.26. The van der Waals surface area contributed by atoms with Gasteiger partial charge < -0.3 is 9.67 Å². The van der Waals surface area contributed by atoms with Gasteiger partial charge in [0.15, 0.2) is 10.8 Å². The van der Waals surface area contributed by atoms with Crippen molar-refractivity contribution in [1.82, 2.24) is 19.3 Å². The number of aryl methyl sites for hydroxylation is 2. The lowest BCUT2D eigenvalue weighted by Gasteiger charge is -2.30. The van der Waals surface area contributed by atoms with Crippen molar-refractivity contribution in [2.45, 2.75) is 45.8 Å². The van der Waals surface area contributed by atoms with E-state index in [0.29, 0.717) is 0 Å². The van der Waals surface area contributed by atoms with Crippen molar-refractivity contribution < 1.29 is 9.90 Å². The summed E-state index contributed by atoms with van der Waals surface area (Å²) in [5.74, 6) is -0.830. The molecule has 1 unspecified atom stereocenters. The molecular weight excluding hydrogens is 288 g/mol. The number of fused-ring (bicyclic) bond motifs is 1. The smallest absolute Gasteiger partial charge is 0.313 e. The number of carboxylic acid groups (broad SMARTS) is 1. The Kier molecular flexibility index (Phi) is 4.06. The summed E-state index contributed by atoms with van der Waals surface area (Å²) in [5.41, 5.74) is 2.69. The van der Waals surface area contributed by atoms with Crippen molar-refractivity contribution in [3.8, 4) is 0 Å². The van der Waals surface area contributed by atoms with Gasteiger partial charge in [-0.25, -0.2) is 4.98 Å². The Morgan fingerprint density at radius 2 is 2.05 bits per heavy atom. The molecule has 2 aromatic rings. The van der Waals surface area contributed by atoms with Crippen molar-refractivity contribution in [1.29, 1.82) is 0 Å². The molecule has 0 aromatic carbocycles. The number of nitrogens with zero attached hydrogens (tertiary/aromatic N) is 4. The predicted octanol–water partition coefficient (Wildman–Crippen LogP) is 2.86. The first-order chi connectivity index (χ1) is 9.62. The van der Waals surface area contributed by atoms with E-state index in [1.165, 1.54) is 11.8 Å². The van der Waals surface area contributed by atoms with Crippen molar-refractivity contribution in [3.63, 3.8) is 0 Å². The molecule has 6 nitrogen and oxygen atoms in total. The second kappa shape index (κ2) is 5.36. The first-order valence-electron chi connectivity index (χ1n) is 6.89. The van der Waals surface area contributed by atoms with Crippen LogP contribution in [0.5, 0.6) is 0 Å². The zero-order valence-electron chi connectivity index (χ0n) is 13.3. The van der Waals surface area contributed by atoms with E-state index in [4.69, 9.17) is 5.11 Å². The van der Waals surface area contributed by atoms with Crippen LogP contribution in [0.3, 0.4) is 0 Å². The Balaban J connectivity index is 2.61. The maximum atomic E-state index is 10.9. The Morgan fingerprint density at radius 3 is 2.57 bits per heavy atom. The second-order valence-corrected chi connectivity index (χ2v) is 7.31. The number of hydrogen-bond acceptors (Lipinski definition) is 4. The summed E-state index contributed by atoms with van der Waals surface area (Å²) in [7, 11) is 1.90. The van der Waals surface area contributed by atoms with Crippen LogP contribution in [-0.4, -0.2) is 36.2 Å². The van der Waals surface area contributed by atoms with Gasteiger partial charge in [0.1, 0.15) is 5.52 Å². The number of hydrogen-bond donors (Lipinski definition) is 1. The van der Waals surface area contributed by atoms with Crippen LogP contribution in [0.2, 0.25) is 0 Å². The van der Waals surface area contributed by atoms with Gasteiger partial charge in [0.2, 0.25) is 0 Å². The van der Waals surface area contributed by atoms with Crippen molar-refractivity contribution in [3.05, 3.63) is 5.69 Å². The van der Waals surface area contributed by atoms with E-state index in [0.717, 1.165) is 22.0 Å². The number of imidazole rings is 1. The Labute approximate surface area is 128 Å². The topological polar surface area (TPSA) is 72.9 Å². The zero-order chi connectivity index (χ0) is 15.9. The van der Waals surface area contributed by atoms with Gasteiger partial charge in [-0.05, 0) is 19.3 Å². The molecule has 2 heterocycles. The van der Waals surface area contributed by atoms with Gasteiger partial charge in [-0.1, -0.05) is 32.5 Å². The first-order valence-corrected chi connectivity index (χ1v) is 7.87. The maximum Gasteiger partial charge on any atom is 0.313 e. The average Bonchev–Trinajstić information content (AvgIpc) is 2.84. The lowest BCUT2D eigenvalue weighted by molar-refractivity contribution is -0.133. The fourth-order valence-electron chi connectivity index (χ4n) is 2.24. The Hall–Kier alpha value is -1.50. The third kappa shape index (κ3) is 2.92. The molecule has 2 rings (SSSR count). The monoisotopic (exact) mass is 310 g/mol. The summed E-state index contributed by atoms with van der Waals surface area (Å²) in [6.45, 7) is 10.6. The van der Waals surface area contributed by atoms with Gasteiger partial charge in [-0.2, -0.15) is 5.10 Å². The molecule has 0 bridgehead atoms. The molecule has 116 valence electrons. The van der Waals surface area contributed by atoms with Gasteiger partial charge in [-0.3, -0.25) is 9.48 Å². The highest BCUT2D eigenvalue weighted by atomic mass is 32.2. The fourth-order valence-corrected chi connectivity index (χ4v) is 3.03. The minimum Gasteiger partial charge on any atom is -0.481 e. The van der Waals surface area contributed by atoms with Gasteiger partial charge >= 0.3 is 5.97 Å². The van der Waals surface area contributed by atoms with E-state index < -0.39 is 5.97 Å². The summed E-state index contributed by atoms with van der Waals surface area (Å²) in [5, 5.41) is 14.1. The van der Waals surface area contributed by atoms with Crippen LogP contribution >= 0.6 is 11.8 Å². The van der Waals surface area contributed by atoms with Gasteiger partial charge in [-0.15, -0.1) is 0 Å². The van der Waals surface area contributed by atoms with Gasteiger partial charge in [0.05, 0.1) is 11.4 Å². The molecule has 0 saturated carbocycles. The van der Waals surface area contributed by atoms with Crippen LogP contribution in [-0.2, 0) is 11.8 Å². The highest BCUT2D eigenvalue weighted by Gasteiger charge is 2.28. The third-order valence-corrected chi connectivity index (χ3v) is 4.71. The van der Waals surface area contributed by atoms with Gasteiger partial charge in [0.25, 0.3) is 0 Å². The van der Waals surface area contributed by atoms with Crippen molar-refractivity contribution in [2.75, 3.05) is 5.75 Å². The molecule has 0 aliphatic heterocycles. The number of rotatable bonds is 4.